The van der Waals surface area contributed by atoms with Gasteiger partial charge < -0.3 is 30.0 Å². The van der Waals surface area contributed by atoms with Crippen LogP contribution in [0.5, 0.6) is 5.75 Å². The van der Waals surface area contributed by atoms with Crippen LogP contribution >= 0.6 is 11.3 Å². The predicted octanol–water partition coefficient (Wildman–Crippen LogP) is 4.83. The summed E-state index contributed by atoms with van der Waals surface area (Å²) < 4.78 is 51.6. The molecule has 2 aliphatic heterocycles. The monoisotopic (exact) mass is 769 g/mol. The Morgan fingerprint density at radius 1 is 1.09 bits per heavy atom. The number of aliphatic hydroxyl groups excluding tert-OH is 2. The molecule has 6 rings (SSSR count). The second kappa shape index (κ2) is 16.6. The molecule has 0 bridgehead atoms. The number of furan rings is 1. The van der Waals surface area contributed by atoms with Crippen molar-refractivity contribution in [3.05, 3.63) is 94.1 Å². The Labute approximate surface area is 316 Å². The number of fused-ring (bicyclic) bond motifs is 1. The molecule has 0 unspecified atom stereocenters. The molecule has 0 saturated carbocycles. The van der Waals surface area contributed by atoms with Crippen molar-refractivity contribution >= 4 is 23.2 Å². The molecule has 1 saturated heterocycles. The van der Waals surface area contributed by atoms with Gasteiger partial charge in [-0.1, -0.05) is 24.3 Å². The molecule has 2 amide bonds. The molecule has 0 spiro atoms. The molecule has 5 heterocycles. The standard InChI is InChI=1S/C39H46F3N5O6S/c1-24-17-25(12-13-43-24)32-10-11-34(53-32)38(2,3)47-15-14-46(30(21-47)37(51)44-23-39(40,41)42)20-27(48)18-26(19-28-7-6-16-54-28)36(50)45-35-29-8-4-5-9-33(29)52-22-31(35)49/h4-13,16-17,26-27,30-31,35,48-49H,14-15,18-23H2,1-3H3,(H,44,51)(H,45,50)/t26-,27-,30-,31+,35-/m0/s1. The minimum absolute atomic E-state index is 0.00622. The maximum Gasteiger partial charge on any atom is 0.405 e. The van der Waals surface area contributed by atoms with Crippen LogP contribution in [-0.4, -0.2) is 101 Å². The highest BCUT2D eigenvalue weighted by Gasteiger charge is 2.42. The van der Waals surface area contributed by atoms with E-state index in [1.54, 1.807) is 35.4 Å². The first-order valence-electron chi connectivity index (χ1n) is 18.0. The van der Waals surface area contributed by atoms with E-state index in [1.165, 1.54) is 11.3 Å². The number of hydrogen-bond donors (Lipinski definition) is 4. The molecule has 54 heavy (non-hydrogen) atoms. The van der Waals surface area contributed by atoms with Crippen LogP contribution in [0.25, 0.3) is 11.3 Å². The molecule has 0 aliphatic carbocycles. The number of amides is 2. The molecule has 1 aromatic carbocycles. The van der Waals surface area contributed by atoms with Crippen LogP contribution in [0.4, 0.5) is 13.2 Å². The topological polar surface area (TPSA) is 140 Å². The highest BCUT2D eigenvalue weighted by atomic mass is 32.1. The number of aromatic nitrogens is 1. The normalized spacial score (nSPS) is 20.8. The summed E-state index contributed by atoms with van der Waals surface area (Å²) >= 11 is 1.48. The minimum Gasteiger partial charge on any atom is -0.490 e. The van der Waals surface area contributed by atoms with Crippen molar-refractivity contribution in [3.8, 4) is 17.1 Å². The van der Waals surface area contributed by atoms with Crippen molar-refractivity contribution in [2.45, 2.75) is 69.6 Å². The molecule has 290 valence electrons. The van der Waals surface area contributed by atoms with E-state index in [4.69, 9.17) is 9.15 Å². The number of ether oxygens (including phenoxy) is 1. The fraction of sp³-hybridized carbons (Fsp3) is 0.462. The number of pyridine rings is 1. The summed E-state index contributed by atoms with van der Waals surface area (Å²) in [6, 6.07) is 16.6. The molecule has 3 aromatic heterocycles. The Balaban J connectivity index is 1.18. The first-order chi connectivity index (χ1) is 25.7. The average molecular weight is 770 g/mol. The van der Waals surface area contributed by atoms with Gasteiger partial charge in [0.15, 0.2) is 0 Å². The maximum atomic E-state index is 13.9. The van der Waals surface area contributed by atoms with E-state index < -0.39 is 54.4 Å². The smallest absolute Gasteiger partial charge is 0.405 e. The summed E-state index contributed by atoms with van der Waals surface area (Å²) in [7, 11) is 0. The van der Waals surface area contributed by atoms with Gasteiger partial charge in [0.05, 0.1) is 17.7 Å². The van der Waals surface area contributed by atoms with Gasteiger partial charge in [-0.25, -0.2) is 0 Å². The SMILES string of the molecule is Cc1cc(-c2ccc(C(C)(C)N3CCN(C[C@@H](O)C[C@@H](Cc4cccs4)C(=O)N[C@H]4c5ccccc5OC[C@H]4O)[C@H](C(=O)NCC(F)(F)F)C3)o2)ccn1. The van der Waals surface area contributed by atoms with Crippen LogP contribution in [0.3, 0.4) is 0 Å². The molecule has 11 nitrogen and oxygen atoms in total. The third kappa shape index (κ3) is 9.50. The van der Waals surface area contributed by atoms with Gasteiger partial charge in [-0.3, -0.25) is 24.4 Å². The summed E-state index contributed by atoms with van der Waals surface area (Å²) in [6.07, 6.45) is -4.67. The van der Waals surface area contributed by atoms with Crippen LogP contribution in [0.1, 0.15) is 48.2 Å². The second-order valence-corrected chi connectivity index (χ2v) is 15.5. The number of aliphatic hydroxyl groups is 2. The number of benzene rings is 1. The predicted molar refractivity (Wildman–Crippen MR) is 197 cm³/mol. The van der Waals surface area contributed by atoms with E-state index in [9.17, 15) is 33.0 Å². The number of rotatable bonds is 13. The van der Waals surface area contributed by atoms with E-state index in [1.807, 2.05) is 72.8 Å². The number of carbonyl (C=O) groups is 2. The zero-order valence-electron chi connectivity index (χ0n) is 30.4. The largest absolute Gasteiger partial charge is 0.490 e. The number of hydrogen-bond acceptors (Lipinski definition) is 10. The van der Waals surface area contributed by atoms with E-state index in [-0.39, 0.29) is 38.6 Å². The van der Waals surface area contributed by atoms with Crippen LogP contribution in [0.15, 0.2) is 76.7 Å². The van der Waals surface area contributed by atoms with Gasteiger partial charge in [0.2, 0.25) is 11.8 Å². The number of β-amino-alcohol motifs (C(OH)–C–C–N with tert-alkyl or cyclic N) is 1. The summed E-state index contributed by atoms with van der Waals surface area (Å²) in [5.74, 6) is -0.0649. The number of alkyl halides is 3. The Morgan fingerprint density at radius 3 is 2.63 bits per heavy atom. The molecule has 15 heteroatoms. The van der Waals surface area contributed by atoms with E-state index >= 15 is 0 Å². The number of halogens is 3. The number of thiophene rings is 1. The van der Waals surface area contributed by atoms with Crippen molar-refractivity contribution in [2.75, 3.05) is 39.3 Å². The fourth-order valence-electron chi connectivity index (χ4n) is 7.20. The summed E-state index contributed by atoms with van der Waals surface area (Å²) in [5, 5.41) is 29.2. The Bertz CT molecular complexity index is 1890. The van der Waals surface area contributed by atoms with Gasteiger partial charge >= 0.3 is 6.18 Å². The molecular formula is C39H46F3N5O6S. The van der Waals surface area contributed by atoms with Crippen LogP contribution < -0.4 is 15.4 Å². The first kappa shape index (κ1) is 39.4. The molecule has 4 N–H and O–H groups in total. The van der Waals surface area contributed by atoms with Crippen LogP contribution in [-0.2, 0) is 21.5 Å². The van der Waals surface area contributed by atoms with Crippen molar-refractivity contribution in [3.63, 3.8) is 0 Å². The quantitative estimate of drug-likeness (QED) is 0.151. The minimum atomic E-state index is -4.61. The lowest BCUT2D eigenvalue weighted by molar-refractivity contribution is -0.144. The Morgan fingerprint density at radius 2 is 1.89 bits per heavy atom. The first-order valence-corrected chi connectivity index (χ1v) is 18.8. The molecule has 0 radical (unpaired) electrons. The lowest BCUT2D eigenvalue weighted by atomic mass is 9.92. The van der Waals surface area contributed by atoms with Gasteiger partial charge in [0.1, 0.15) is 42.6 Å². The summed E-state index contributed by atoms with van der Waals surface area (Å²) in [5.41, 5.74) is 1.59. The fourth-order valence-corrected chi connectivity index (χ4v) is 7.98. The van der Waals surface area contributed by atoms with Crippen molar-refractivity contribution < 1.29 is 42.1 Å². The average Bonchev–Trinajstić information content (AvgIpc) is 3.85. The second-order valence-electron chi connectivity index (χ2n) is 14.5. The molecular weight excluding hydrogens is 724 g/mol. The molecule has 1 fully saturated rings. The maximum absolute atomic E-state index is 13.9. The number of piperazine rings is 1. The van der Waals surface area contributed by atoms with Crippen LogP contribution in [0, 0.1) is 12.8 Å². The van der Waals surface area contributed by atoms with E-state index in [0.29, 0.717) is 35.8 Å². The van der Waals surface area contributed by atoms with Crippen molar-refractivity contribution in [1.29, 1.82) is 0 Å². The van der Waals surface area contributed by atoms with Gasteiger partial charge in [-0.05, 0) is 75.4 Å². The van der Waals surface area contributed by atoms with Gasteiger partial charge in [-0.15, -0.1) is 11.3 Å². The van der Waals surface area contributed by atoms with E-state index in [0.717, 1.165) is 16.1 Å². The number of nitrogens with one attached hydrogen (secondary N) is 2. The molecule has 5 atom stereocenters. The zero-order valence-corrected chi connectivity index (χ0v) is 31.2. The van der Waals surface area contributed by atoms with Gasteiger partial charge in [0.25, 0.3) is 0 Å². The van der Waals surface area contributed by atoms with Crippen LogP contribution in [0.2, 0.25) is 0 Å². The third-order valence-corrected chi connectivity index (χ3v) is 11.1. The highest BCUT2D eigenvalue weighted by molar-refractivity contribution is 7.09. The van der Waals surface area contributed by atoms with E-state index in [2.05, 4.69) is 10.3 Å². The summed E-state index contributed by atoms with van der Waals surface area (Å²) in [4.78, 5) is 36.2. The highest BCUT2D eigenvalue weighted by Crippen LogP contribution is 2.35. The van der Waals surface area contributed by atoms with Gasteiger partial charge in [-0.2, -0.15) is 13.2 Å². The Kier molecular flexibility index (Phi) is 12.1. The number of nitrogens with zero attached hydrogens (tertiary/aromatic N) is 3. The number of para-hydroxylation sites is 1. The third-order valence-electron chi connectivity index (χ3n) is 10.2. The molecule has 4 aromatic rings. The van der Waals surface area contributed by atoms with Crippen molar-refractivity contribution in [1.82, 2.24) is 25.4 Å². The van der Waals surface area contributed by atoms with Crippen molar-refractivity contribution in [2.24, 2.45) is 5.92 Å². The Hall–Kier alpha value is -4.28. The molecule has 2 aliphatic rings. The number of carbonyl (C=O) groups excluding carboxylic acids is 2. The zero-order chi connectivity index (χ0) is 38.6. The van der Waals surface area contributed by atoms with Gasteiger partial charge in [0, 0.05) is 60.0 Å². The number of aryl methyl sites for hydroxylation is 1. The summed E-state index contributed by atoms with van der Waals surface area (Å²) in [6.45, 7) is 4.96. The lowest BCUT2D eigenvalue weighted by Gasteiger charge is -2.47. The lowest BCUT2D eigenvalue weighted by Crippen LogP contribution is -2.63.